The first-order chi connectivity index (χ1) is 21.3. The second-order valence-electron chi connectivity index (χ2n) is 14.9. The fourth-order valence-electron chi connectivity index (χ4n) is 7.57. The summed E-state index contributed by atoms with van der Waals surface area (Å²) in [7, 11) is 0. The molecule has 7 nitrogen and oxygen atoms in total. The van der Waals surface area contributed by atoms with Crippen molar-refractivity contribution in [1.29, 1.82) is 0 Å². The summed E-state index contributed by atoms with van der Waals surface area (Å²) in [4.78, 5) is 23.8. The van der Waals surface area contributed by atoms with Crippen molar-refractivity contribution in [3.8, 4) is 0 Å². The third-order valence-corrected chi connectivity index (χ3v) is 9.55. The minimum atomic E-state index is -1.14. The van der Waals surface area contributed by atoms with Crippen LogP contribution in [0, 0.1) is 10.8 Å². The first-order valence-electron chi connectivity index (χ1n) is 16.1. The molecule has 1 saturated heterocycles. The highest BCUT2D eigenvalue weighted by atomic mass is 16.6. The molecular formula is C39H50O7. The standard InChI is InChI=1S/C39H50O7/c1-26(17-19-33-35(4,5)24-32(44-28(3)40)25-37(33,8)43)13-10-11-15-31-21-29(34(42)45-31)18-16-27(2)14-12-20-39-36(6,7)22-30(41)23-38(39,9)46-39/h10-18,20-21,30,32,41,43H,22-25H2,1-9H3/b11-10+,18-16+,20-12+,26-13+,27-14+,31-15+/t19?,30-,32-,37+,38+,39-/m0/s1. The highest BCUT2D eigenvalue weighted by molar-refractivity contribution is 5.95. The molecule has 4 rings (SSSR count). The Labute approximate surface area is 274 Å². The van der Waals surface area contributed by atoms with Crippen LogP contribution in [0.3, 0.4) is 0 Å². The van der Waals surface area contributed by atoms with Gasteiger partial charge in [-0.2, -0.15) is 0 Å². The average molecular weight is 631 g/mol. The second-order valence-corrected chi connectivity index (χ2v) is 14.9. The minimum absolute atomic E-state index is 0.168. The SMILES string of the molecule is CC(=O)O[C@H]1CC(C)(C)C(=C=C/C(C)=C/C=C/C=C2C=C(/C=C/C(C)=C/C=C/[C@@]34O[C@]3(C)C[C@@H](O)CC4(C)C)C(=O)O\2)[C@](C)(O)C1. The minimum Gasteiger partial charge on any atom is -0.462 e. The summed E-state index contributed by atoms with van der Waals surface area (Å²) in [6, 6.07) is 0. The van der Waals surface area contributed by atoms with E-state index in [1.807, 2.05) is 64.2 Å². The van der Waals surface area contributed by atoms with Gasteiger partial charge in [-0.15, -0.1) is 5.73 Å². The lowest BCUT2D eigenvalue weighted by Crippen LogP contribution is -2.46. The van der Waals surface area contributed by atoms with Crippen LogP contribution in [0.5, 0.6) is 0 Å². The number of hydrogen-bond donors (Lipinski definition) is 2. The van der Waals surface area contributed by atoms with E-state index in [9.17, 15) is 19.8 Å². The van der Waals surface area contributed by atoms with Crippen molar-refractivity contribution < 1.29 is 34.0 Å². The molecule has 2 heterocycles. The summed E-state index contributed by atoms with van der Waals surface area (Å²) >= 11 is 0. The molecule has 248 valence electrons. The molecular weight excluding hydrogens is 580 g/mol. The van der Waals surface area contributed by atoms with E-state index in [0.29, 0.717) is 37.0 Å². The lowest BCUT2D eigenvalue weighted by atomic mass is 9.63. The number of carbonyl (C=O) groups is 2. The number of fused-ring (bicyclic) bond motifs is 1. The summed E-state index contributed by atoms with van der Waals surface area (Å²) in [5.74, 6) is -0.285. The normalized spacial score (nSPS) is 34.9. The van der Waals surface area contributed by atoms with Gasteiger partial charge in [0.05, 0.1) is 17.3 Å². The molecule has 7 heteroatoms. The van der Waals surface area contributed by atoms with E-state index in [-0.39, 0.29) is 40.2 Å². The smallest absolute Gasteiger partial charge is 0.343 e. The zero-order valence-electron chi connectivity index (χ0n) is 28.8. The molecule has 0 aromatic rings. The number of epoxide rings is 1. The van der Waals surface area contributed by atoms with E-state index >= 15 is 0 Å². The van der Waals surface area contributed by atoms with Gasteiger partial charge < -0.3 is 24.4 Å². The van der Waals surface area contributed by atoms with Crippen LogP contribution in [0.1, 0.15) is 88.0 Å². The van der Waals surface area contributed by atoms with Crippen molar-refractivity contribution in [2.45, 2.75) is 117 Å². The van der Waals surface area contributed by atoms with Crippen LogP contribution < -0.4 is 0 Å². The molecule has 0 aromatic heterocycles. The largest absolute Gasteiger partial charge is 0.462 e. The number of rotatable bonds is 8. The van der Waals surface area contributed by atoms with Gasteiger partial charge in [-0.3, -0.25) is 4.79 Å². The Morgan fingerprint density at radius 2 is 1.67 bits per heavy atom. The van der Waals surface area contributed by atoms with Crippen molar-refractivity contribution >= 4 is 11.9 Å². The molecule has 0 aromatic carbocycles. The van der Waals surface area contributed by atoms with E-state index in [4.69, 9.17) is 14.2 Å². The topological polar surface area (TPSA) is 106 Å². The average Bonchev–Trinajstić information content (AvgIpc) is 3.35. The Bertz CT molecular complexity index is 1510. The third-order valence-electron chi connectivity index (χ3n) is 9.55. The summed E-state index contributed by atoms with van der Waals surface area (Å²) in [6.45, 7) is 17.4. The van der Waals surface area contributed by atoms with Crippen LogP contribution in [-0.2, 0) is 23.8 Å². The summed E-state index contributed by atoms with van der Waals surface area (Å²) in [5.41, 5.74) is 4.04. The number of cyclic esters (lactones) is 1. The van der Waals surface area contributed by atoms with Crippen molar-refractivity contribution in [1.82, 2.24) is 0 Å². The van der Waals surface area contributed by atoms with E-state index in [0.717, 1.165) is 16.7 Å². The van der Waals surface area contributed by atoms with Gasteiger partial charge in [-0.1, -0.05) is 69.7 Å². The maximum absolute atomic E-state index is 12.4. The third kappa shape index (κ3) is 7.72. The number of aliphatic hydroxyl groups excluding tert-OH is 1. The molecule has 2 N–H and O–H groups in total. The number of allylic oxidation sites excluding steroid dienone is 10. The number of hydrogen-bond acceptors (Lipinski definition) is 7. The number of esters is 2. The van der Waals surface area contributed by atoms with Gasteiger partial charge in [0.1, 0.15) is 23.1 Å². The van der Waals surface area contributed by atoms with Crippen molar-refractivity contribution in [3.05, 3.63) is 101 Å². The first-order valence-corrected chi connectivity index (χ1v) is 16.1. The molecule has 0 unspecified atom stereocenters. The predicted octanol–water partition coefficient (Wildman–Crippen LogP) is 7.21. The fourth-order valence-corrected chi connectivity index (χ4v) is 7.57. The summed E-state index contributed by atoms with van der Waals surface area (Å²) < 4.78 is 17.0. The van der Waals surface area contributed by atoms with Crippen LogP contribution in [0.2, 0.25) is 0 Å². The fraction of sp³-hybridized carbons (Fsp3) is 0.513. The van der Waals surface area contributed by atoms with Gasteiger partial charge in [-0.25, -0.2) is 4.79 Å². The highest BCUT2D eigenvalue weighted by Crippen LogP contribution is 2.66. The van der Waals surface area contributed by atoms with Crippen molar-refractivity contribution in [2.75, 3.05) is 0 Å². The Morgan fingerprint density at radius 3 is 2.33 bits per heavy atom. The predicted molar refractivity (Wildman–Crippen MR) is 179 cm³/mol. The van der Waals surface area contributed by atoms with Crippen molar-refractivity contribution in [3.63, 3.8) is 0 Å². The van der Waals surface area contributed by atoms with E-state index in [2.05, 4.69) is 32.6 Å². The van der Waals surface area contributed by atoms with Crippen LogP contribution in [-0.4, -0.2) is 51.2 Å². The molecule has 0 bridgehead atoms. The van der Waals surface area contributed by atoms with Crippen LogP contribution in [0.25, 0.3) is 0 Å². The summed E-state index contributed by atoms with van der Waals surface area (Å²) in [6.07, 6.45) is 22.2. The van der Waals surface area contributed by atoms with Gasteiger partial charge in [0.2, 0.25) is 0 Å². The van der Waals surface area contributed by atoms with E-state index in [1.165, 1.54) is 6.92 Å². The maximum Gasteiger partial charge on any atom is 0.343 e. The van der Waals surface area contributed by atoms with Gasteiger partial charge in [0, 0.05) is 30.8 Å². The van der Waals surface area contributed by atoms with Crippen LogP contribution in [0.4, 0.5) is 0 Å². The van der Waals surface area contributed by atoms with Gasteiger partial charge in [-0.05, 0) is 81.9 Å². The monoisotopic (exact) mass is 630 g/mol. The molecule has 0 radical (unpaired) electrons. The zero-order chi connectivity index (χ0) is 34.1. The molecule has 2 aliphatic carbocycles. The van der Waals surface area contributed by atoms with Crippen molar-refractivity contribution in [2.24, 2.45) is 10.8 Å². The van der Waals surface area contributed by atoms with Crippen LogP contribution in [0.15, 0.2) is 101 Å². The van der Waals surface area contributed by atoms with Crippen LogP contribution >= 0.6 is 0 Å². The Balaban J connectivity index is 1.37. The first kappa shape index (κ1) is 35.4. The molecule has 0 amide bonds. The number of aliphatic hydroxyl groups is 2. The Morgan fingerprint density at radius 1 is 0.978 bits per heavy atom. The molecule has 2 aliphatic heterocycles. The van der Waals surface area contributed by atoms with E-state index < -0.39 is 11.6 Å². The van der Waals surface area contributed by atoms with Gasteiger partial charge in [0.25, 0.3) is 0 Å². The lowest BCUT2D eigenvalue weighted by Gasteiger charge is -2.44. The molecule has 5 atom stereocenters. The lowest BCUT2D eigenvalue weighted by molar-refractivity contribution is -0.152. The van der Waals surface area contributed by atoms with Gasteiger partial charge >= 0.3 is 11.9 Å². The second kappa shape index (κ2) is 13.0. The Hall–Kier alpha value is -3.48. The number of carbonyl (C=O) groups excluding carboxylic acids is 2. The Kier molecular flexibility index (Phi) is 9.97. The molecule has 4 aliphatic rings. The number of ether oxygens (including phenoxy) is 3. The van der Waals surface area contributed by atoms with Gasteiger partial charge in [0.15, 0.2) is 0 Å². The highest BCUT2D eigenvalue weighted by Gasteiger charge is 2.74. The van der Waals surface area contributed by atoms with E-state index in [1.54, 1.807) is 31.2 Å². The molecule has 3 fully saturated rings. The zero-order valence-corrected chi connectivity index (χ0v) is 28.8. The maximum atomic E-state index is 12.4. The molecule has 2 saturated carbocycles. The quantitative estimate of drug-likeness (QED) is 0.126. The summed E-state index contributed by atoms with van der Waals surface area (Å²) in [5, 5.41) is 21.4. The molecule has 0 spiro atoms. The molecule has 46 heavy (non-hydrogen) atoms.